The van der Waals surface area contributed by atoms with Crippen LogP contribution in [0.5, 0.6) is 0 Å². The second kappa shape index (κ2) is 7.67. The van der Waals surface area contributed by atoms with Crippen LogP contribution >= 0.6 is 0 Å². The Morgan fingerprint density at radius 2 is 1.71 bits per heavy atom. The standard InChI is InChI=1S/C16H24N2O3/c1-5-14(16(20)21)18(4)15(19)11-8-12-6-9-13(10-7-12)17(2)3/h6-7,9-10,14H,5,8,11H2,1-4H3,(H,20,21). The topological polar surface area (TPSA) is 60.9 Å². The van der Waals surface area contributed by atoms with E-state index in [1.807, 2.05) is 43.3 Å². The number of nitrogens with zero attached hydrogens (tertiary/aromatic N) is 2. The number of aliphatic carboxylic acids is 1. The van der Waals surface area contributed by atoms with Gasteiger partial charge in [-0.1, -0.05) is 19.1 Å². The molecule has 5 nitrogen and oxygen atoms in total. The molecule has 1 amide bonds. The lowest BCUT2D eigenvalue weighted by molar-refractivity contribution is -0.149. The van der Waals surface area contributed by atoms with E-state index in [0.29, 0.717) is 19.3 Å². The predicted octanol–water partition coefficient (Wildman–Crippen LogP) is 2.01. The normalized spacial score (nSPS) is 11.8. The molecule has 1 aromatic rings. The fourth-order valence-electron chi connectivity index (χ4n) is 2.18. The zero-order chi connectivity index (χ0) is 16.0. The number of aryl methyl sites for hydroxylation is 1. The summed E-state index contributed by atoms with van der Waals surface area (Å²) in [6, 6.07) is 7.27. The van der Waals surface area contributed by atoms with E-state index in [-0.39, 0.29) is 5.91 Å². The Balaban J connectivity index is 2.58. The maximum Gasteiger partial charge on any atom is 0.326 e. The first-order valence-corrected chi connectivity index (χ1v) is 7.11. The Kier molecular flexibility index (Phi) is 6.21. The number of hydrogen-bond donors (Lipinski definition) is 1. The first kappa shape index (κ1) is 17.0. The molecule has 21 heavy (non-hydrogen) atoms. The molecule has 0 spiro atoms. The largest absolute Gasteiger partial charge is 0.480 e. The van der Waals surface area contributed by atoms with Crippen LogP contribution in [0, 0.1) is 0 Å². The number of benzene rings is 1. The van der Waals surface area contributed by atoms with Gasteiger partial charge in [0.05, 0.1) is 0 Å². The van der Waals surface area contributed by atoms with Gasteiger partial charge in [0.15, 0.2) is 0 Å². The number of amides is 1. The van der Waals surface area contributed by atoms with E-state index in [0.717, 1.165) is 11.3 Å². The minimum absolute atomic E-state index is 0.138. The smallest absolute Gasteiger partial charge is 0.326 e. The third-order valence-electron chi connectivity index (χ3n) is 3.61. The van der Waals surface area contributed by atoms with Crippen molar-refractivity contribution in [2.45, 2.75) is 32.2 Å². The molecule has 0 heterocycles. The lowest BCUT2D eigenvalue weighted by atomic mass is 10.1. The average molecular weight is 292 g/mol. The number of anilines is 1. The van der Waals surface area contributed by atoms with Crippen LogP contribution in [0.2, 0.25) is 0 Å². The van der Waals surface area contributed by atoms with Crippen molar-refractivity contribution in [2.24, 2.45) is 0 Å². The molecule has 1 atom stereocenters. The van der Waals surface area contributed by atoms with Crippen molar-refractivity contribution in [1.29, 1.82) is 0 Å². The molecule has 0 fully saturated rings. The molecule has 0 aliphatic carbocycles. The van der Waals surface area contributed by atoms with Crippen LogP contribution in [0.25, 0.3) is 0 Å². The van der Waals surface area contributed by atoms with E-state index in [1.165, 1.54) is 4.90 Å². The van der Waals surface area contributed by atoms with E-state index >= 15 is 0 Å². The predicted molar refractivity (Wildman–Crippen MR) is 83.6 cm³/mol. The van der Waals surface area contributed by atoms with Gasteiger partial charge in [-0.3, -0.25) is 4.79 Å². The van der Waals surface area contributed by atoms with Crippen molar-refractivity contribution in [3.8, 4) is 0 Å². The maximum absolute atomic E-state index is 12.1. The molecule has 0 saturated carbocycles. The van der Waals surface area contributed by atoms with Gasteiger partial charge in [0.2, 0.25) is 5.91 Å². The summed E-state index contributed by atoms with van der Waals surface area (Å²) in [7, 11) is 5.51. The monoisotopic (exact) mass is 292 g/mol. The van der Waals surface area contributed by atoms with E-state index in [2.05, 4.69) is 0 Å². The molecule has 0 aromatic heterocycles. The molecular weight excluding hydrogens is 268 g/mol. The Bertz CT molecular complexity index is 483. The zero-order valence-corrected chi connectivity index (χ0v) is 13.2. The van der Waals surface area contributed by atoms with Crippen molar-refractivity contribution in [2.75, 3.05) is 26.0 Å². The Morgan fingerprint density at radius 3 is 2.14 bits per heavy atom. The van der Waals surface area contributed by atoms with Crippen molar-refractivity contribution < 1.29 is 14.7 Å². The van der Waals surface area contributed by atoms with Crippen LogP contribution in [-0.4, -0.2) is 49.1 Å². The van der Waals surface area contributed by atoms with E-state index in [1.54, 1.807) is 14.0 Å². The summed E-state index contributed by atoms with van der Waals surface area (Å²) in [5.74, 6) is -1.09. The van der Waals surface area contributed by atoms with Crippen LogP contribution < -0.4 is 4.90 Å². The minimum Gasteiger partial charge on any atom is -0.480 e. The molecule has 1 unspecified atom stereocenters. The highest BCUT2D eigenvalue weighted by atomic mass is 16.4. The summed E-state index contributed by atoms with van der Waals surface area (Å²) in [5.41, 5.74) is 2.19. The first-order chi connectivity index (χ1) is 9.86. The molecular formula is C16H24N2O3. The second-order valence-electron chi connectivity index (χ2n) is 5.33. The molecule has 0 bridgehead atoms. The number of carbonyl (C=O) groups is 2. The van der Waals surface area contributed by atoms with Crippen LogP contribution in [0.4, 0.5) is 5.69 Å². The number of carboxylic acid groups (broad SMARTS) is 1. The van der Waals surface area contributed by atoms with Gasteiger partial charge in [-0.15, -0.1) is 0 Å². The summed E-state index contributed by atoms with van der Waals surface area (Å²) in [4.78, 5) is 26.4. The van der Waals surface area contributed by atoms with Gasteiger partial charge in [0, 0.05) is 33.3 Å². The van der Waals surface area contributed by atoms with E-state index < -0.39 is 12.0 Å². The average Bonchev–Trinajstić information content (AvgIpc) is 2.45. The highest BCUT2D eigenvalue weighted by Gasteiger charge is 2.24. The lowest BCUT2D eigenvalue weighted by Gasteiger charge is -2.23. The summed E-state index contributed by atoms with van der Waals surface area (Å²) in [6.45, 7) is 1.77. The SMILES string of the molecule is CCC(C(=O)O)N(C)C(=O)CCc1ccc(N(C)C)cc1. The molecule has 1 N–H and O–H groups in total. The highest BCUT2D eigenvalue weighted by Crippen LogP contribution is 2.14. The maximum atomic E-state index is 12.1. The van der Waals surface area contributed by atoms with Gasteiger partial charge in [-0.2, -0.15) is 0 Å². The van der Waals surface area contributed by atoms with Gasteiger partial charge in [0.25, 0.3) is 0 Å². The molecule has 0 radical (unpaired) electrons. The molecule has 0 aliphatic rings. The van der Waals surface area contributed by atoms with E-state index in [4.69, 9.17) is 5.11 Å². The van der Waals surface area contributed by atoms with Crippen LogP contribution in [0.3, 0.4) is 0 Å². The summed E-state index contributed by atoms with van der Waals surface area (Å²) in [5, 5.41) is 9.06. The summed E-state index contributed by atoms with van der Waals surface area (Å²) >= 11 is 0. The minimum atomic E-state index is -0.955. The number of carbonyl (C=O) groups excluding carboxylic acids is 1. The number of carboxylic acids is 1. The highest BCUT2D eigenvalue weighted by molar-refractivity contribution is 5.83. The Labute approximate surface area is 126 Å². The van der Waals surface area contributed by atoms with E-state index in [9.17, 15) is 9.59 Å². The van der Waals surface area contributed by atoms with Crippen LogP contribution in [0.15, 0.2) is 24.3 Å². The molecule has 0 aliphatic heterocycles. The van der Waals surface area contributed by atoms with Gasteiger partial charge < -0.3 is 14.9 Å². The van der Waals surface area contributed by atoms with Crippen LogP contribution in [0.1, 0.15) is 25.3 Å². The fraction of sp³-hybridized carbons (Fsp3) is 0.500. The van der Waals surface area contributed by atoms with Gasteiger partial charge in [-0.25, -0.2) is 4.79 Å². The third kappa shape index (κ3) is 4.77. The first-order valence-electron chi connectivity index (χ1n) is 7.11. The quantitative estimate of drug-likeness (QED) is 0.835. The van der Waals surface area contributed by atoms with Crippen molar-refractivity contribution in [3.63, 3.8) is 0 Å². The van der Waals surface area contributed by atoms with Crippen molar-refractivity contribution >= 4 is 17.6 Å². The van der Waals surface area contributed by atoms with Crippen molar-refractivity contribution in [1.82, 2.24) is 4.90 Å². The van der Waals surface area contributed by atoms with Gasteiger partial charge in [0.1, 0.15) is 6.04 Å². The molecule has 116 valence electrons. The van der Waals surface area contributed by atoms with Gasteiger partial charge in [-0.05, 0) is 30.5 Å². The molecule has 1 rings (SSSR count). The summed E-state index contributed by atoms with van der Waals surface area (Å²) in [6.07, 6.45) is 1.35. The molecule has 0 saturated heterocycles. The number of rotatable bonds is 7. The van der Waals surface area contributed by atoms with Gasteiger partial charge >= 0.3 is 5.97 Å². The molecule has 1 aromatic carbocycles. The number of likely N-dealkylation sites (N-methyl/N-ethyl adjacent to an activating group) is 1. The third-order valence-corrected chi connectivity index (χ3v) is 3.61. The molecule has 5 heteroatoms. The Morgan fingerprint density at radius 1 is 1.14 bits per heavy atom. The fourth-order valence-corrected chi connectivity index (χ4v) is 2.18. The second-order valence-corrected chi connectivity index (χ2v) is 5.33. The van der Waals surface area contributed by atoms with Crippen LogP contribution in [-0.2, 0) is 16.0 Å². The summed E-state index contributed by atoms with van der Waals surface area (Å²) < 4.78 is 0. The van der Waals surface area contributed by atoms with Crippen molar-refractivity contribution in [3.05, 3.63) is 29.8 Å². The Hall–Kier alpha value is -2.04. The number of hydrogen-bond acceptors (Lipinski definition) is 3. The lowest BCUT2D eigenvalue weighted by Crippen LogP contribution is -2.42. The zero-order valence-electron chi connectivity index (χ0n) is 13.2.